The van der Waals surface area contributed by atoms with E-state index in [-0.39, 0.29) is 0 Å². The van der Waals surface area contributed by atoms with Crippen LogP contribution in [0, 0.1) is 6.92 Å². The summed E-state index contributed by atoms with van der Waals surface area (Å²) in [5.41, 5.74) is 1.09. The molecule has 0 radical (unpaired) electrons. The van der Waals surface area contributed by atoms with Crippen molar-refractivity contribution in [1.29, 1.82) is 0 Å². The highest BCUT2D eigenvalue weighted by Crippen LogP contribution is 2.19. The molecule has 0 fully saturated rings. The van der Waals surface area contributed by atoms with Crippen molar-refractivity contribution in [2.45, 2.75) is 13.3 Å². The zero-order valence-electron chi connectivity index (χ0n) is 5.79. The molecular weight excluding hydrogens is 144 g/mol. The normalized spacial score (nSPS) is 15.3. The molecule has 0 N–H and O–H groups in total. The Bertz CT molecular complexity index is 275. The molecule has 2 nitrogen and oxygen atoms in total. The maximum Gasteiger partial charge on any atom is 0.0952 e. The van der Waals surface area contributed by atoms with Crippen LogP contribution in [-0.2, 0) is 6.42 Å². The van der Waals surface area contributed by atoms with Crippen LogP contribution in [0.15, 0.2) is 4.99 Å². The van der Waals surface area contributed by atoms with Crippen molar-refractivity contribution in [2.24, 2.45) is 4.99 Å². The van der Waals surface area contributed by atoms with Crippen LogP contribution < -0.4 is 0 Å². The Balaban J connectivity index is 2.53. The highest BCUT2D eigenvalue weighted by atomic mass is 32.1. The van der Waals surface area contributed by atoms with Gasteiger partial charge in [0, 0.05) is 24.1 Å². The number of fused-ring (bicyclic) bond motifs is 1. The van der Waals surface area contributed by atoms with Gasteiger partial charge in [0.1, 0.15) is 0 Å². The fourth-order valence-corrected chi connectivity index (χ4v) is 1.98. The van der Waals surface area contributed by atoms with E-state index in [1.54, 1.807) is 11.3 Å². The zero-order chi connectivity index (χ0) is 6.97. The van der Waals surface area contributed by atoms with Crippen LogP contribution in [-0.4, -0.2) is 17.7 Å². The quantitative estimate of drug-likeness (QED) is 0.552. The van der Waals surface area contributed by atoms with E-state index in [1.165, 1.54) is 4.88 Å². The second kappa shape index (κ2) is 2.16. The summed E-state index contributed by atoms with van der Waals surface area (Å²) in [6.07, 6.45) is 2.96. The van der Waals surface area contributed by atoms with E-state index in [1.807, 2.05) is 13.1 Å². The first-order valence-corrected chi connectivity index (χ1v) is 4.14. The van der Waals surface area contributed by atoms with Gasteiger partial charge < -0.3 is 0 Å². The summed E-state index contributed by atoms with van der Waals surface area (Å²) in [6.45, 7) is 2.98. The maximum absolute atomic E-state index is 4.32. The fourth-order valence-electron chi connectivity index (χ4n) is 1.08. The minimum atomic E-state index is 0.939. The molecule has 0 bridgehead atoms. The molecule has 2 heterocycles. The van der Waals surface area contributed by atoms with E-state index >= 15 is 0 Å². The van der Waals surface area contributed by atoms with Crippen LogP contribution in [0.1, 0.15) is 15.6 Å². The van der Waals surface area contributed by atoms with E-state index in [0.29, 0.717) is 0 Å². The average molecular weight is 152 g/mol. The monoisotopic (exact) mass is 152 g/mol. The van der Waals surface area contributed by atoms with Gasteiger partial charge in [0.05, 0.1) is 10.7 Å². The molecule has 1 aromatic heterocycles. The van der Waals surface area contributed by atoms with Gasteiger partial charge in [0.25, 0.3) is 0 Å². The summed E-state index contributed by atoms with van der Waals surface area (Å²) >= 11 is 1.79. The second-order valence-electron chi connectivity index (χ2n) is 2.33. The van der Waals surface area contributed by atoms with Crippen LogP contribution in [0.5, 0.6) is 0 Å². The number of nitrogens with zero attached hydrogens (tertiary/aromatic N) is 2. The van der Waals surface area contributed by atoms with Gasteiger partial charge in [-0.3, -0.25) is 4.99 Å². The Morgan fingerprint density at radius 2 is 2.50 bits per heavy atom. The van der Waals surface area contributed by atoms with Crippen LogP contribution in [0.2, 0.25) is 0 Å². The van der Waals surface area contributed by atoms with Crippen molar-refractivity contribution in [3.63, 3.8) is 0 Å². The van der Waals surface area contributed by atoms with Crippen LogP contribution in [0.25, 0.3) is 0 Å². The molecule has 1 aromatic rings. The highest BCUT2D eigenvalue weighted by Gasteiger charge is 2.08. The lowest BCUT2D eigenvalue weighted by atomic mass is 10.2. The molecule has 1 aliphatic rings. The van der Waals surface area contributed by atoms with Gasteiger partial charge in [-0.25, -0.2) is 4.98 Å². The Labute approximate surface area is 63.6 Å². The average Bonchev–Trinajstić information content (AvgIpc) is 2.27. The lowest BCUT2D eigenvalue weighted by molar-refractivity contribution is 0.963. The van der Waals surface area contributed by atoms with Crippen molar-refractivity contribution in [2.75, 3.05) is 6.54 Å². The van der Waals surface area contributed by atoms with Crippen LogP contribution in [0.3, 0.4) is 0 Å². The van der Waals surface area contributed by atoms with Crippen molar-refractivity contribution in [3.8, 4) is 0 Å². The van der Waals surface area contributed by atoms with E-state index < -0.39 is 0 Å². The Kier molecular flexibility index (Phi) is 1.31. The van der Waals surface area contributed by atoms with Crippen LogP contribution in [0.4, 0.5) is 0 Å². The lowest BCUT2D eigenvalue weighted by Gasteiger charge is -1.99. The van der Waals surface area contributed by atoms with Gasteiger partial charge in [-0.1, -0.05) is 0 Å². The van der Waals surface area contributed by atoms with Crippen molar-refractivity contribution in [3.05, 3.63) is 15.6 Å². The van der Waals surface area contributed by atoms with E-state index in [2.05, 4.69) is 9.98 Å². The first-order valence-electron chi connectivity index (χ1n) is 3.32. The van der Waals surface area contributed by atoms with Gasteiger partial charge in [0.2, 0.25) is 0 Å². The standard InChI is InChI=1S/C7H8N2S/c1-5-9-6-4-8-3-2-7(6)10-5/h4H,2-3H2,1H3. The third-order valence-electron chi connectivity index (χ3n) is 1.52. The largest absolute Gasteiger partial charge is 0.291 e. The number of hydrogen-bond acceptors (Lipinski definition) is 3. The molecule has 3 heteroatoms. The van der Waals surface area contributed by atoms with Gasteiger partial charge in [-0.2, -0.15) is 0 Å². The molecule has 2 rings (SSSR count). The molecule has 0 atom stereocenters. The van der Waals surface area contributed by atoms with Crippen LogP contribution >= 0.6 is 11.3 Å². The third-order valence-corrected chi connectivity index (χ3v) is 2.56. The van der Waals surface area contributed by atoms with Gasteiger partial charge in [-0.15, -0.1) is 11.3 Å². The van der Waals surface area contributed by atoms with Gasteiger partial charge >= 0.3 is 0 Å². The molecule has 10 heavy (non-hydrogen) atoms. The first-order chi connectivity index (χ1) is 4.86. The topological polar surface area (TPSA) is 25.2 Å². The zero-order valence-corrected chi connectivity index (χ0v) is 6.61. The summed E-state index contributed by atoms with van der Waals surface area (Å²) < 4.78 is 0. The SMILES string of the molecule is Cc1nc2c(s1)CCN=C2. The molecular formula is C7H8N2S. The summed E-state index contributed by atoms with van der Waals surface area (Å²) in [5, 5.41) is 1.15. The molecule has 52 valence electrons. The molecule has 0 aliphatic carbocycles. The molecule has 0 saturated carbocycles. The highest BCUT2D eigenvalue weighted by molar-refractivity contribution is 7.11. The molecule has 0 aromatic carbocycles. The number of thiazole rings is 1. The third kappa shape index (κ3) is 0.865. The summed E-state index contributed by atoms with van der Waals surface area (Å²) in [4.78, 5) is 9.87. The maximum atomic E-state index is 4.32. The lowest BCUT2D eigenvalue weighted by Crippen LogP contribution is -1.99. The number of aryl methyl sites for hydroxylation is 1. The van der Waals surface area contributed by atoms with Crippen molar-refractivity contribution in [1.82, 2.24) is 4.98 Å². The molecule has 0 unspecified atom stereocenters. The number of rotatable bonds is 0. The minimum Gasteiger partial charge on any atom is -0.291 e. The predicted molar refractivity (Wildman–Crippen MR) is 43.0 cm³/mol. The molecule has 1 aliphatic heterocycles. The Morgan fingerprint density at radius 3 is 3.30 bits per heavy atom. The molecule has 0 spiro atoms. The predicted octanol–water partition coefficient (Wildman–Crippen LogP) is 1.43. The van der Waals surface area contributed by atoms with Gasteiger partial charge in [-0.05, 0) is 6.92 Å². The van der Waals surface area contributed by atoms with E-state index in [4.69, 9.17) is 0 Å². The Morgan fingerprint density at radius 1 is 1.60 bits per heavy atom. The number of hydrogen-bond donors (Lipinski definition) is 0. The molecule has 0 amide bonds. The second-order valence-corrected chi connectivity index (χ2v) is 3.61. The summed E-state index contributed by atoms with van der Waals surface area (Å²) in [7, 11) is 0. The summed E-state index contributed by atoms with van der Waals surface area (Å²) in [6, 6.07) is 0. The number of aromatic nitrogens is 1. The van der Waals surface area contributed by atoms with Gasteiger partial charge in [0.15, 0.2) is 0 Å². The van der Waals surface area contributed by atoms with E-state index in [9.17, 15) is 0 Å². The van der Waals surface area contributed by atoms with Crippen molar-refractivity contribution >= 4 is 17.6 Å². The van der Waals surface area contributed by atoms with Crippen molar-refractivity contribution < 1.29 is 0 Å². The van der Waals surface area contributed by atoms with E-state index in [0.717, 1.165) is 23.7 Å². The smallest absolute Gasteiger partial charge is 0.0952 e. The first kappa shape index (κ1) is 6.04. The number of aliphatic imine (C=N–C) groups is 1. The fraction of sp³-hybridized carbons (Fsp3) is 0.429. The molecule has 0 saturated heterocycles. The summed E-state index contributed by atoms with van der Waals surface area (Å²) in [5.74, 6) is 0. The minimum absolute atomic E-state index is 0.939. The Hall–Kier alpha value is -0.700.